The van der Waals surface area contributed by atoms with E-state index in [4.69, 9.17) is 9.47 Å². The molecule has 0 spiro atoms. The Bertz CT molecular complexity index is 563. The Balaban J connectivity index is 1.76. The van der Waals surface area contributed by atoms with Gasteiger partial charge in [0.25, 0.3) is 0 Å². The highest BCUT2D eigenvalue weighted by molar-refractivity contribution is 7.09. The number of ketones is 1. The molecule has 0 atom stereocenters. The second-order valence-electron chi connectivity index (χ2n) is 4.32. The highest BCUT2D eigenvalue weighted by atomic mass is 32.1. The number of hydrogen-bond donors (Lipinski definition) is 0. The molecule has 0 aliphatic heterocycles. The molecular formula is C15H17NO3S. The Kier molecular flexibility index (Phi) is 5.26. The fourth-order valence-corrected chi connectivity index (χ4v) is 2.52. The summed E-state index contributed by atoms with van der Waals surface area (Å²) in [7, 11) is 1.60. The Labute approximate surface area is 122 Å². The number of carbonyl (C=O) groups excluding carboxylic acids is 1. The van der Waals surface area contributed by atoms with Gasteiger partial charge in [-0.15, -0.1) is 11.3 Å². The van der Waals surface area contributed by atoms with Gasteiger partial charge < -0.3 is 9.47 Å². The summed E-state index contributed by atoms with van der Waals surface area (Å²) >= 11 is 1.62. The number of hydrogen-bond acceptors (Lipinski definition) is 5. The van der Waals surface area contributed by atoms with Gasteiger partial charge in [0.15, 0.2) is 5.78 Å². The maximum Gasteiger partial charge on any atom is 0.188 e. The summed E-state index contributed by atoms with van der Waals surface area (Å²) in [6.07, 6.45) is 0.798. The van der Waals surface area contributed by atoms with Crippen LogP contribution in [0, 0.1) is 6.92 Å². The van der Waals surface area contributed by atoms with Crippen molar-refractivity contribution in [3.63, 3.8) is 0 Å². The van der Waals surface area contributed by atoms with Crippen molar-refractivity contribution in [2.75, 3.05) is 20.3 Å². The van der Waals surface area contributed by atoms with Crippen LogP contribution < -0.4 is 4.74 Å². The fraction of sp³-hybridized carbons (Fsp3) is 0.333. The van der Waals surface area contributed by atoms with Gasteiger partial charge in [0, 0.05) is 16.9 Å². The van der Waals surface area contributed by atoms with E-state index in [9.17, 15) is 4.79 Å². The fourth-order valence-electron chi connectivity index (χ4n) is 1.76. The summed E-state index contributed by atoms with van der Waals surface area (Å²) in [5, 5.41) is 0. The molecule has 0 aliphatic rings. The number of rotatable bonds is 7. The molecule has 0 aliphatic carbocycles. The zero-order valence-electron chi connectivity index (χ0n) is 11.6. The van der Waals surface area contributed by atoms with Crippen molar-refractivity contribution >= 4 is 17.1 Å². The first-order chi connectivity index (χ1) is 9.70. The summed E-state index contributed by atoms with van der Waals surface area (Å²) in [6.45, 7) is 2.61. The first-order valence-corrected chi connectivity index (χ1v) is 7.22. The van der Waals surface area contributed by atoms with Gasteiger partial charge in [-0.05, 0) is 31.2 Å². The van der Waals surface area contributed by atoms with E-state index in [1.807, 2.05) is 12.4 Å². The number of aryl methyl sites for hydroxylation is 1. The molecular weight excluding hydrogens is 274 g/mol. The van der Waals surface area contributed by atoms with Gasteiger partial charge in [-0.25, -0.2) is 4.98 Å². The molecule has 2 aromatic rings. The maximum atomic E-state index is 11.9. The monoisotopic (exact) mass is 291 g/mol. The van der Waals surface area contributed by atoms with Crippen LogP contribution in [-0.2, 0) is 11.2 Å². The molecule has 0 bridgehead atoms. The normalized spacial score (nSPS) is 10.5. The summed E-state index contributed by atoms with van der Waals surface area (Å²) in [5.41, 5.74) is 3.51. The molecule has 0 radical (unpaired) electrons. The molecule has 1 heterocycles. The van der Waals surface area contributed by atoms with E-state index >= 15 is 0 Å². The zero-order valence-corrected chi connectivity index (χ0v) is 12.4. The SMILES string of the molecule is COc1ccc(C(=O)COCCc2scnc2C)cc1. The van der Waals surface area contributed by atoms with Crippen LogP contribution in [0.5, 0.6) is 5.75 Å². The number of benzene rings is 1. The van der Waals surface area contributed by atoms with Crippen LogP contribution in [0.25, 0.3) is 0 Å². The lowest BCUT2D eigenvalue weighted by atomic mass is 10.1. The summed E-state index contributed by atoms with van der Waals surface area (Å²) < 4.78 is 10.5. The largest absolute Gasteiger partial charge is 0.497 e. The Morgan fingerprint density at radius 2 is 2.05 bits per heavy atom. The van der Waals surface area contributed by atoms with E-state index in [2.05, 4.69) is 4.98 Å². The maximum absolute atomic E-state index is 11.9. The number of aromatic nitrogens is 1. The van der Waals surface area contributed by atoms with Gasteiger partial charge in [-0.3, -0.25) is 4.79 Å². The number of thiazole rings is 1. The van der Waals surface area contributed by atoms with Gasteiger partial charge in [0.05, 0.1) is 24.9 Å². The Morgan fingerprint density at radius 1 is 1.30 bits per heavy atom. The second kappa shape index (κ2) is 7.17. The van der Waals surface area contributed by atoms with Crippen molar-refractivity contribution in [3.8, 4) is 5.75 Å². The zero-order chi connectivity index (χ0) is 14.4. The third kappa shape index (κ3) is 3.88. The van der Waals surface area contributed by atoms with Gasteiger partial charge in [0.2, 0.25) is 0 Å². The van der Waals surface area contributed by atoms with E-state index in [0.29, 0.717) is 12.2 Å². The van der Waals surface area contributed by atoms with Crippen LogP contribution in [0.3, 0.4) is 0 Å². The van der Waals surface area contributed by atoms with E-state index < -0.39 is 0 Å². The highest BCUT2D eigenvalue weighted by Gasteiger charge is 2.07. The molecule has 2 rings (SSSR count). The van der Waals surface area contributed by atoms with Gasteiger partial charge in [-0.1, -0.05) is 0 Å². The number of carbonyl (C=O) groups is 1. The van der Waals surface area contributed by atoms with Crippen molar-refractivity contribution in [1.29, 1.82) is 0 Å². The number of Topliss-reactive ketones (excluding diaryl/α,β-unsaturated/α-hetero) is 1. The molecule has 4 nitrogen and oxygen atoms in total. The predicted molar refractivity (Wildman–Crippen MR) is 78.7 cm³/mol. The summed E-state index contributed by atoms with van der Waals surface area (Å²) in [5.74, 6) is 0.719. The van der Waals surface area contributed by atoms with Gasteiger partial charge >= 0.3 is 0 Å². The molecule has 0 saturated heterocycles. The molecule has 20 heavy (non-hydrogen) atoms. The minimum absolute atomic E-state index is 0.0197. The molecule has 0 amide bonds. The van der Waals surface area contributed by atoms with Crippen LogP contribution >= 0.6 is 11.3 Å². The van der Waals surface area contributed by atoms with E-state index in [0.717, 1.165) is 17.9 Å². The lowest BCUT2D eigenvalue weighted by molar-refractivity contribution is 0.0766. The van der Waals surface area contributed by atoms with E-state index in [1.54, 1.807) is 42.7 Å². The molecule has 5 heteroatoms. The standard InChI is InChI=1S/C15H17NO3S/c1-11-15(20-10-16-11)7-8-19-9-14(17)12-3-5-13(18-2)6-4-12/h3-6,10H,7-9H2,1-2H3. The van der Waals surface area contributed by atoms with Crippen molar-refractivity contribution < 1.29 is 14.3 Å². The molecule has 1 aromatic heterocycles. The number of nitrogens with zero attached hydrogens (tertiary/aromatic N) is 1. The van der Waals surface area contributed by atoms with Crippen LogP contribution in [0.4, 0.5) is 0 Å². The van der Waals surface area contributed by atoms with Crippen molar-refractivity contribution in [1.82, 2.24) is 4.98 Å². The van der Waals surface area contributed by atoms with Crippen LogP contribution in [0.1, 0.15) is 20.9 Å². The van der Waals surface area contributed by atoms with Crippen LogP contribution in [0.2, 0.25) is 0 Å². The van der Waals surface area contributed by atoms with Crippen LogP contribution in [0.15, 0.2) is 29.8 Å². The Morgan fingerprint density at radius 3 is 2.65 bits per heavy atom. The van der Waals surface area contributed by atoms with Gasteiger partial charge in [-0.2, -0.15) is 0 Å². The predicted octanol–water partition coefficient (Wildman–Crippen LogP) is 2.90. The average Bonchev–Trinajstić information content (AvgIpc) is 2.89. The summed E-state index contributed by atoms with van der Waals surface area (Å²) in [4.78, 5) is 17.3. The second-order valence-corrected chi connectivity index (χ2v) is 5.25. The molecule has 106 valence electrons. The topological polar surface area (TPSA) is 48.4 Å². The molecule has 0 N–H and O–H groups in total. The lowest BCUT2D eigenvalue weighted by Gasteiger charge is -2.04. The highest BCUT2D eigenvalue weighted by Crippen LogP contribution is 2.13. The lowest BCUT2D eigenvalue weighted by Crippen LogP contribution is -2.10. The minimum Gasteiger partial charge on any atom is -0.497 e. The first-order valence-electron chi connectivity index (χ1n) is 6.34. The van der Waals surface area contributed by atoms with Crippen molar-refractivity contribution in [3.05, 3.63) is 45.9 Å². The smallest absolute Gasteiger partial charge is 0.188 e. The molecule has 0 fully saturated rings. The first kappa shape index (κ1) is 14.7. The van der Waals surface area contributed by atoms with E-state index in [1.165, 1.54) is 4.88 Å². The van der Waals surface area contributed by atoms with Gasteiger partial charge in [0.1, 0.15) is 12.4 Å². The van der Waals surface area contributed by atoms with Crippen molar-refractivity contribution in [2.45, 2.75) is 13.3 Å². The third-order valence-electron chi connectivity index (χ3n) is 2.96. The number of ether oxygens (including phenoxy) is 2. The summed E-state index contributed by atoms with van der Waals surface area (Å²) in [6, 6.07) is 7.04. The van der Waals surface area contributed by atoms with Crippen LogP contribution in [-0.4, -0.2) is 31.1 Å². The molecule has 0 unspecified atom stereocenters. The number of methoxy groups -OCH3 is 1. The minimum atomic E-state index is -0.0197. The quantitative estimate of drug-likeness (QED) is 0.581. The molecule has 1 aromatic carbocycles. The Hall–Kier alpha value is -1.72. The molecule has 0 saturated carbocycles. The van der Waals surface area contributed by atoms with E-state index in [-0.39, 0.29) is 12.4 Å². The third-order valence-corrected chi connectivity index (χ3v) is 3.96. The van der Waals surface area contributed by atoms with Crippen molar-refractivity contribution in [2.24, 2.45) is 0 Å². The average molecular weight is 291 g/mol.